The lowest BCUT2D eigenvalue weighted by molar-refractivity contribution is 0.0186. The van der Waals surface area contributed by atoms with Gasteiger partial charge in [0.2, 0.25) is 0 Å². The minimum Gasteiger partial charge on any atom is -0.444 e. The predicted molar refractivity (Wildman–Crippen MR) is 112 cm³/mol. The molecule has 0 atom stereocenters. The van der Waals surface area contributed by atoms with Gasteiger partial charge in [0.15, 0.2) is 5.96 Å². The second-order valence-electron chi connectivity index (χ2n) is 8.16. The molecule has 1 aromatic carbocycles. The van der Waals surface area contributed by atoms with Gasteiger partial charge in [0.05, 0.1) is 19.3 Å². The highest BCUT2D eigenvalue weighted by Gasteiger charge is 2.26. The molecule has 1 aliphatic rings. The SMILES string of the molecule is CC(C)(C)OC(=O)N1CCN(C(N)=NCc2cnn(Cc3ccccc3)c2)CC1. The lowest BCUT2D eigenvalue weighted by Gasteiger charge is -2.36. The summed E-state index contributed by atoms with van der Waals surface area (Å²) in [7, 11) is 0. The fourth-order valence-electron chi connectivity index (χ4n) is 3.06. The second kappa shape index (κ2) is 8.98. The van der Waals surface area contributed by atoms with Crippen LogP contribution in [0.4, 0.5) is 4.79 Å². The van der Waals surface area contributed by atoms with Gasteiger partial charge >= 0.3 is 6.09 Å². The summed E-state index contributed by atoms with van der Waals surface area (Å²) in [5.41, 5.74) is 7.89. The number of aliphatic imine (C=N–C) groups is 1. The highest BCUT2D eigenvalue weighted by Crippen LogP contribution is 2.12. The smallest absolute Gasteiger partial charge is 0.410 e. The topological polar surface area (TPSA) is 89.0 Å². The Hall–Kier alpha value is -3.03. The van der Waals surface area contributed by atoms with Crippen LogP contribution in [0.2, 0.25) is 0 Å². The third-order valence-corrected chi connectivity index (χ3v) is 4.55. The Kier molecular flexibility index (Phi) is 6.41. The van der Waals surface area contributed by atoms with Crippen molar-refractivity contribution in [2.45, 2.75) is 39.5 Å². The number of nitrogens with zero attached hydrogens (tertiary/aromatic N) is 5. The first kappa shape index (κ1) is 20.7. The van der Waals surface area contributed by atoms with Gasteiger partial charge in [-0.25, -0.2) is 9.79 Å². The van der Waals surface area contributed by atoms with Crippen LogP contribution in [-0.4, -0.2) is 63.4 Å². The molecule has 2 heterocycles. The van der Waals surface area contributed by atoms with E-state index in [1.165, 1.54) is 5.56 Å². The number of aromatic nitrogens is 2. The third kappa shape index (κ3) is 6.23. The van der Waals surface area contributed by atoms with Crippen LogP contribution >= 0.6 is 0 Å². The summed E-state index contributed by atoms with van der Waals surface area (Å²) in [5, 5.41) is 4.40. The lowest BCUT2D eigenvalue weighted by atomic mass is 10.2. The Bertz CT molecular complexity index is 832. The Morgan fingerprint density at radius 2 is 1.76 bits per heavy atom. The molecule has 29 heavy (non-hydrogen) atoms. The van der Waals surface area contributed by atoms with E-state index in [4.69, 9.17) is 10.5 Å². The van der Waals surface area contributed by atoms with Crippen molar-refractivity contribution in [1.82, 2.24) is 19.6 Å². The standard InChI is InChI=1S/C21H30N6O2/c1-21(2,3)29-20(28)26-11-9-25(10-12-26)19(22)23-13-18-14-24-27(16-18)15-17-7-5-4-6-8-17/h4-8,14,16H,9-13,15H2,1-3H3,(H2,22,23). The zero-order valence-electron chi connectivity index (χ0n) is 17.4. The number of carbonyl (C=O) groups excluding carboxylic acids is 1. The summed E-state index contributed by atoms with van der Waals surface area (Å²) in [5.74, 6) is 0.490. The van der Waals surface area contributed by atoms with Crippen LogP contribution in [0.1, 0.15) is 31.9 Å². The van der Waals surface area contributed by atoms with Crippen molar-refractivity contribution in [2.24, 2.45) is 10.7 Å². The first-order chi connectivity index (χ1) is 13.8. The Morgan fingerprint density at radius 3 is 2.41 bits per heavy atom. The minimum atomic E-state index is -0.486. The first-order valence-corrected chi connectivity index (χ1v) is 9.88. The first-order valence-electron chi connectivity index (χ1n) is 9.88. The molecule has 8 nitrogen and oxygen atoms in total. The van der Waals surface area contributed by atoms with Gasteiger partial charge in [-0.05, 0) is 26.3 Å². The maximum atomic E-state index is 12.1. The van der Waals surface area contributed by atoms with Gasteiger partial charge in [-0.2, -0.15) is 5.10 Å². The molecule has 0 unspecified atom stereocenters. The van der Waals surface area contributed by atoms with Gasteiger partial charge < -0.3 is 20.3 Å². The summed E-state index contributed by atoms with van der Waals surface area (Å²) in [6.45, 7) is 9.24. The highest BCUT2D eigenvalue weighted by molar-refractivity contribution is 5.78. The van der Waals surface area contributed by atoms with Crippen molar-refractivity contribution in [1.29, 1.82) is 0 Å². The van der Waals surface area contributed by atoms with Crippen molar-refractivity contribution in [3.63, 3.8) is 0 Å². The number of carbonyl (C=O) groups is 1. The maximum absolute atomic E-state index is 12.1. The molecule has 0 radical (unpaired) electrons. The monoisotopic (exact) mass is 398 g/mol. The normalized spacial score (nSPS) is 15.5. The Morgan fingerprint density at radius 1 is 1.10 bits per heavy atom. The molecule has 8 heteroatoms. The summed E-state index contributed by atoms with van der Waals surface area (Å²) in [4.78, 5) is 20.4. The number of hydrogen-bond donors (Lipinski definition) is 1. The average molecular weight is 399 g/mol. The van der Waals surface area contributed by atoms with Crippen molar-refractivity contribution in [3.8, 4) is 0 Å². The molecule has 2 aromatic rings. The summed E-state index contributed by atoms with van der Waals surface area (Å²) in [6, 6.07) is 10.2. The van der Waals surface area contributed by atoms with E-state index in [-0.39, 0.29) is 6.09 Å². The van der Waals surface area contributed by atoms with Gasteiger partial charge in [0.1, 0.15) is 5.60 Å². The van der Waals surface area contributed by atoms with Crippen molar-refractivity contribution in [3.05, 3.63) is 53.9 Å². The van der Waals surface area contributed by atoms with E-state index in [0.717, 1.165) is 12.1 Å². The molecular formula is C21H30N6O2. The van der Waals surface area contributed by atoms with Gasteiger partial charge in [-0.15, -0.1) is 0 Å². The van der Waals surface area contributed by atoms with Crippen molar-refractivity contribution < 1.29 is 9.53 Å². The molecular weight excluding hydrogens is 368 g/mol. The van der Waals surface area contributed by atoms with E-state index < -0.39 is 5.60 Å². The molecule has 156 valence electrons. The fraction of sp³-hybridized carbons (Fsp3) is 0.476. The van der Waals surface area contributed by atoms with Gasteiger partial charge in [0.25, 0.3) is 0 Å². The number of rotatable bonds is 4. The third-order valence-electron chi connectivity index (χ3n) is 4.55. The number of piperazine rings is 1. The quantitative estimate of drug-likeness (QED) is 0.631. The van der Waals surface area contributed by atoms with E-state index in [0.29, 0.717) is 38.7 Å². The number of guanidine groups is 1. The zero-order chi connectivity index (χ0) is 20.9. The second-order valence-corrected chi connectivity index (χ2v) is 8.16. The van der Waals surface area contributed by atoms with Crippen LogP contribution in [0.3, 0.4) is 0 Å². The number of ether oxygens (including phenoxy) is 1. The molecule has 3 rings (SSSR count). The van der Waals surface area contributed by atoms with E-state index in [1.54, 1.807) is 4.90 Å². The van der Waals surface area contributed by atoms with Crippen molar-refractivity contribution >= 4 is 12.1 Å². The van der Waals surface area contributed by atoms with Gasteiger partial charge in [0, 0.05) is 37.9 Å². The molecule has 0 bridgehead atoms. The molecule has 1 amide bonds. The molecule has 1 aliphatic heterocycles. The summed E-state index contributed by atoms with van der Waals surface area (Å²) >= 11 is 0. The maximum Gasteiger partial charge on any atom is 0.410 e. The van der Waals surface area contributed by atoms with Crippen LogP contribution in [0.15, 0.2) is 47.7 Å². The Balaban J connectivity index is 1.48. The molecule has 0 saturated carbocycles. The molecule has 2 N–H and O–H groups in total. The average Bonchev–Trinajstić information content (AvgIpc) is 3.13. The fourth-order valence-corrected chi connectivity index (χ4v) is 3.06. The van der Waals surface area contributed by atoms with E-state index in [2.05, 4.69) is 22.2 Å². The molecule has 1 fully saturated rings. The van der Waals surface area contributed by atoms with Crippen LogP contribution < -0.4 is 5.73 Å². The number of nitrogens with two attached hydrogens (primary N) is 1. The number of hydrogen-bond acceptors (Lipinski definition) is 4. The molecule has 1 saturated heterocycles. The summed E-state index contributed by atoms with van der Waals surface area (Å²) < 4.78 is 7.32. The van der Waals surface area contributed by atoms with E-state index in [1.807, 2.05) is 60.9 Å². The highest BCUT2D eigenvalue weighted by atomic mass is 16.6. The van der Waals surface area contributed by atoms with Crippen molar-refractivity contribution in [2.75, 3.05) is 26.2 Å². The Labute approximate surface area is 171 Å². The number of amides is 1. The van der Waals surface area contributed by atoms with Crippen LogP contribution in [0.25, 0.3) is 0 Å². The van der Waals surface area contributed by atoms with Gasteiger partial charge in [-0.3, -0.25) is 4.68 Å². The molecule has 0 aliphatic carbocycles. The largest absolute Gasteiger partial charge is 0.444 e. The zero-order valence-corrected chi connectivity index (χ0v) is 17.4. The van der Waals surface area contributed by atoms with Gasteiger partial charge in [-0.1, -0.05) is 30.3 Å². The van der Waals surface area contributed by atoms with Crippen LogP contribution in [0, 0.1) is 0 Å². The lowest BCUT2D eigenvalue weighted by Crippen LogP contribution is -2.53. The van der Waals surface area contributed by atoms with E-state index in [9.17, 15) is 4.79 Å². The van der Waals surface area contributed by atoms with Crippen LogP contribution in [-0.2, 0) is 17.8 Å². The van der Waals surface area contributed by atoms with Crippen LogP contribution in [0.5, 0.6) is 0 Å². The van der Waals surface area contributed by atoms with E-state index >= 15 is 0 Å². The molecule has 0 spiro atoms. The predicted octanol–water partition coefficient (Wildman–Crippen LogP) is 2.30. The summed E-state index contributed by atoms with van der Waals surface area (Å²) in [6.07, 6.45) is 3.53. The number of benzene rings is 1. The molecule has 1 aromatic heterocycles. The minimum absolute atomic E-state index is 0.279.